The Balaban J connectivity index is 1.55. The lowest BCUT2D eigenvalue weighted by molar-refractivity contribution is -0.132. The molecule has 3 rings (SSSR count). The number of carbonyl (C=O) groups excluding carboxylic acids is 1. The van der Waals surface area contributed by atoms with Crippen molar-refractivity contribution in [3.8, 4) is 0 Å². The minimum atomic E-state index is -0.0459. The predicted octanol–water partition coefficient (Wildman–Crippen LogP) is 3.22. The van der Waals surface area contributed by atoms with E-state index in [4.69, 9.17) is 4.52 Å². The summed E-state index contributed by atoms with van der Waals surface area (Å²) < 4.78 is 5.24. The lowest BCUT2D eigenvalue weighted by Gasteiger charge is -2.21. The first-order valence-corrected chi connectivity index (χ1v) is 8.50. The van der Waals surface area contributed by atoms with Crippen LogP contribution < -0.4 is 0 Å². The second kappa shape index (κ2) is 6.96. The number of aromatic nitrogens is 2. The summed E-state index contributed by atoms with van der Waals surface area (Å²) in [4.78, 5) is 19.8. The zero-order chi connectivity index (χ0) is 15.4. The van der Waals surface area contributed by atoms with Gasteiger partial charge in [0.25, 0.3) is 0 Å². The first kappa shape index (κ1) is 15.1. The van der Waals surface area contributed by atoms with Gasteiger partial charge in [0.2, 0.25) is 11.8 Å². The van der Waals surface area contributed by atoms with E-state index in [-0.39, 0.29) is 11.9 Å². The fourth-order valence-electron chi connectivity index (χ4n) is 2.69. The van der Waals surface area contributed by atoms with E-state index in [0.717, 1.165) is 25.1 Å². The van der Waals surface area contributed by atoms with Crippen molar-refractivity contribution in [2.45, 2.75) is 37.1 Å². The molecular formula is C16H19N3O2S. The van der Waals surface area contributed by atoms with E-state index in [9.17, 15) is 4.79 Å². The molecule has 1 aliphatic heterocycles. The van der Waals surface area contributed by atoms with Gasteiger partial charge >= 0.3 is 0 Å². The first-order chi connectivity index (χ1) is 10.7. The zero-order valence-corrected chi connectivity index (χ0v) is 13.4. The van der Waals surface area contributed by atoms with Crippen molar-refractivity contribution in [1.29, 1.82) is 0 Å². The van der Waals surface area contributed by atoms with E-state index < -0.39 is 0 Å². The molecule has 1 saturated heterocycles. The highest BCUT2D eigenvalue weighted by molar-refractivity contribution is 7.99. The summed E-state index contributed by atoms with van der Waals surface area (Å²) in [5.41, 5.74) is 0. The van der Waals surface area contributed by atoms with Gasteiger partial charge in [0.15, 0.2) is 5.82 Å². The molecule has 1 aromatic carbocycles. The number of nitrogens with zero attached hydrogens (tertiary/aromatic N) is 3. The van der Waals surface area contributed by atoms with Crippen LogP contribution in [0.25, 0.3) is 0 Å². The van der Waals surface area contributed by atoms with E-state index >= 15 is 0 Å². The average molecular weight is 317 g/mol. The molecule has 5 nitrogen and oxygen atoms in total. The summed E-state index contributed by atoms with van der Waals surface area (Å²) >= 11 is 1.71. The van der Waals surface area contributed by atoms with Crippen LogP contribution in [0, 0.1) is 6.92 Å². The third kappa shape index (κ3) is 3.50. The Kier molecular flexibility index (Phi) is 4.77. The van der Waals surface area contributed by atoms with Gasteiger partial charge < -0.3 is 9.42 Å². The number of carbonyl (C=O) groups is 1. The highest BCUT2D eigenvalue weighted by Crippen LogP contribution is 2.31. The van der Waals surface area contributed by atoms with Crippen molar-refractivity contribution in [3.63, 3.8) is 0 Å². The van der Waals surface area contributed by atoms with Crippen LogP contribution in [0.2, 0.25) is 0 Å². The van der Waals surface area contributed by atoms with Gasteiger partial charge in [-0.15, -0.1) is 11.8 Å². The molecule has 0 radical (unpaired) electrons. The second-order valence-electron chi connectivity index (χ2n) is 5.34. The molecule has 0 saturated carbocycles. The van der Waals surface area contributed by atoms with Gasteiger partial charge in [0, 0.05) is 23.6 Å². The third-order valence-corrected chi connectivity index (χ3v) is 4.74. The largest absolute Gasteiger partial charge is 0.337 e. The van der Waals surface area contributed by atoms with Gasteiger partial charge in [-0.1, -0.05) is 23.4 Å². The Morgan fingerprint density at radius 2 is 2.23 bits per heavy atom. The third-order valence-electron chi connectivity index (χ3n) is 3.73. The Hall–Kier alpha value is -1.82. The maximum Gasteiger partial charge on any atom is 0.249 e. The van der Waals surface area contributed by atoms with E-state index in [2.05, 4.69) is 22.3 Å². The minimum absolute atomic E-state index is 0.0459. The van der Waals surface area contributed by atoms with Gasteiger partial charge in [0.1, 0.15) is 6.04 Å². The second-order valence-corrected chi connectivity index (χ2v) is 6.50. The highest BCUT2D eigenvalue weighted by atomic mass is 32.2. The number of hydrogen-bond acceptors (Lipinski definition) is 5. The summed E-state index contributed by atoms with van der Waals surface area (Å²) in [5.74, 6) is 2.14. The summed E-state index contributed by atoms with van der Waals surface area (Å²) in [7, 11) is 0. The van der Waals surface area contributed by atoms with Gasteiger partial charge in [-0.25, -0.2) is 0 Å². The van der Waals surface area contributed by atoms with Gasteiger partial charge in [-0.05, 0) is 31.9 Å². The maximum absolute atomic E-state index is 12.4. The van der Waals surface area contributed by atoms with E-state index in [0.29, 0.717) is 18.1 Å². The van der Waals surface area contributed by atoms with E-state index in [1.165, 1.54) is 4.90 Å². The fourth-order valence-corrected chi connectivity index (χ4v) is 3.55. The van der Waals surface area contributed by atoms with Crippen molar-refractivity contribution < 1.29 is 9.32 Å². The SMILES string of the molecule is Cc1noc(C2CCCN2C(=O)CCSc2ccccc2)n1. The number of rotatable bonds is 5. The fraction of sp³-hybridized carbons (Fsp3) is 0.438. The normalized spacial score (nSPS) is 17.9. The topological polar surface area (TPSA) is 59.2 Å². The number of amides is 1. The number of likely N-dealkylation sites (tertiary alicyclic amines) is 1. The molecule has 116 valence electrons. The summed E-state index contributed by atoms with van der Waals surface area (Å²) in [6, 6.07) is 10.1. The van der Waals surface area contributed by atoms with Crippen molar-refractivity contribution >= 4 is 17.7 Å². The lowest BCUT2D eigenvalue weighted by atomic mass is 10.2. The maximum atomic E-state index is 12.4. The quantitative estimate of drug-likeness (QED) is 0.792. The lowest BCUT2D eigenvalue weighted by Crippen LogP contribution is -2.30. The molecule has 1 atom stereocenters. The van der Waals surface area contributed by atoms with Crippen LogP contribution in [-0.2, 0) is 4.79 Å². The molecule has 1 fully saturated rings. The summed E-state index contributed by atoms with van der Waals surface area (Å²) in [5, 5.41) is 3.83. The standard InChI is InChI=1S/C16H19N3O2S/c1-12-17-16(21-18-12)14-8-5-10-19(14)15(20)9-11-22-13-6-3-2-4-7-13/h2-4,6-7,14H,5,8-11H2,1H3. The highest BCUT2D eigenvalue weighted by Gasteiger charge is 2.33. The molecule has 1 aliphatic rings. The molecule has 0 aliphatic carbocycles. The van der Waals surface area contributed by atoms with Crippen LogP contribution in [0.4, 0.5) is 0 Å². The first-order valence-electron chi connectivity index (χ1n) is 7.51. The number of hydrogen-bond donors (Lipinski definition) is 0. The van der Waals surface area contributed by atoms with Crippen LogP contribution in [0.5, 0.6) is 0 Å². The summed E-state index contributed by atoms with van der Waals surface area (Å²) in [6.07, 6.45) is 2.42. The van der Waals surface area contributed by atoms with Gasteiger partial charge in [0.05, 0.1) is 0 Å². The van der Waals surface area contributed by atoms with Crippen LogP contribution in [0.1, 0.15) is 37.0 Å². The molecule has 2 aromatic rings. The number of aryl methyl sites for hydroxylation is 1. The van der Waals surface area contributed by atoms with Gasteiger partial charge in [-0.2, -0.15) is 4.98 Å². The Labute approximate surface area is 134 Å². The van der Waals surface area contributed by atoms with Crippen LogP contribution in [-0.4, -0.2) is 33.2 Å². The average Bonchev–Trinajstić information content (AvgIpc) is 3.16. The molecule has 1 unspecified atom stereocenters. The molecule has 0 spiro atoms. The predicted molar refractivity (Wildman–Crippen MR) is 84.5 cm³/mol. The molecule has 22 heavy (non-hydrogen) atoms. The van der Waals surface area contributed by atoms with Gasteiger partial charge in [-0.3, -0.25) is 4.79 Å². The Morgan fingerprint density at radius 3 is 2.95 bits per heavy atom. The molecular weight excluding hydrogens is 298 g/mol. The van der Waals surface area contributed by atoms with Crippen LogP contribution in [0.3, 0.4) is 0 Å². The van der Waals surface area contributed by atoms with Crippen LogP contribution in [0.15, 0.2) is 39.8 Å². The molecule has 1 amide bonds. The van der Waals surface area contributed by atoms with Crippen molar-refractivity contribution in [3.05, 3.63) is 42.0 Å². The number of thioether (sulfide) groups is 1. The van der Waals surface area contributed by atoms with E-state index in [1.54, 1.807) is 18.7 Å². The van der Waals surface area contributed by atoms with Crippen LogP contribution >= 0.6 is 11.8 Å². The van der Waals surface area contributed by atoms with E-state index in [1.807, 2.05) is 23.1 Å². The van der Waals surface area contributed by atoms with Crippen molar-refractivity contribution in [1.82, 2.24) is 15.0 Å². The minimum Gasteiger partial charge on any atom is -0.337 e. The molecule has 1 aromatic heterocycles. The Morgan fingerprint density at radius 1 is 1.41 bits per heavy atom. The Bertz CT molecular complexity index is 629. The molecule has 6 heteroatoms. The monoisotopic (exact) mass is 317 g/mol. The smallest absolute Gasteiger partial charge is 0.249 e. The number of benzene rings is 1. The molecule has 0 N–H and O–H groups in total. The molecule has 2 heterocycles. The summed E-state index contributed by atoms with van der Waals surface area (Å²) in [6.45, 7) is 2.57. The molecule has 0 bridgehead atoms. The van der Waals surface area contributed by atoms with Crippen molar-refractivity contribution in [2.24, 2.45) is 0 Å². The van der Waals surface area contributed by atoms with Crippen molar-refractivity contribution in [2.75, 3.05) is 12.3 Å². The zero-order valence-electron chi connectivity index (χ0n) is 12.6.